The van der Waals surface area contributed by atoms with Crippen molar-refractivity contribution < 1.29 is 9.53 Å². The molecule has 3 fully saturated rings. The Morgan fingerprint density at radius 3 is 2.80 bits per heavy atom. The number of carbonyl (C=O) groups excluding carboxylic acids is 1. The van der Waals surface area contributed by atoms with Crippen molar-refractivity contribution in [2.75, 3.05) is 6.61 Å². The molecular weight excluding hydrogens is 248 g/mol. The Kier molecular flexibility index (Phi) is 2.84. The Hall–Kier alpha value is -1.05. The van der Waals surface area contributed by atoms with E-state index in [4.69, 9.17) is 4.74 Å². The summed E-state index contributed by atoms with van der Waals surface area (Å²) in [4.78, 5) is 11.2. The minimum atomic E-state index is -0.277. The standard InChI is InChI=1S/C18H24O2/c1-3-16(19)20-9-10(2)14-7-13-8-15(14)18-12-5-4-11(6-12)17(13)18/h3-5,10-15,17-18H,1,6-9H2,2H3. The average molecular weight is 272 g/mol. The summed E-state index contributed by atoms with van der Waals surface area (Å²) < 4.78 is 5.28. The Morgan fingerprint density at radius 2 is 2.05 bits per heavy atom. The molecule has 0 amide bonds. The van der Waals surface area contributed by atoms with Crippen LogP contribution in [0.2, 0.25) is 0 Å². The molecular formula is C18H24O2. The molecule has 0 N–H and O–H groups in total. The summed E-state index contributed by atoms with van der Waals surface area (Å²) in [6.45, 7) is 6.29. The number of fused-ring (bicyclic) bond motifs is 9. The first kappa shape index (κ1) is 12.7. The molecule has 4 bridgehead atoms. The fourth-order valence-electron chi connectivity index (χ4n) is 6.12. The Bertz CT molecular complexity index is 466. The molecule has 4 aliphatic carbocycles. The molecule has 3 saturated carbocycles. The van der Waals surface area contributed by atoms with Gasteiger partial charge in [0.1, 0.15) is 0 Å². The van der Waals surface area contributed by atoms with Crippen molar-refractivity contribution in [3.05, 3.63) is 24.8 Å². The third-order valence-corrected chi connectivity index (χ3v) is 6.71. The zero-order chi connectivity index (χ0) is 13.9. The number of rotatable bonds is 4. The van der Waals surface area contributed by atoms with Crippen LogP contribution in [-0.4, -0.2) is 12.6 Å². The molecule has 0 aromatic heterocycles. The maximum atomic E-state index is 11.2. The van der Waals surface area contributed by atoms with Crippen LogP contribution in [0.25, 0.3) is 0 Å². The van der Waals surface area contributed by atoms with Gasteiger partial charge in [0.25, 0.3) is 0 Å². The number of hydrogen-bond acceptors (Lipinski definition) is 2. The van der Waals surface area contributed by atoms with Crippen LogP contribution < -0.4 is 0 Å². The molecule has 0 radical (unpaired) electrons. The van der Waals surface area contributed by atoms with Crippen LogP contribution in [0.3, 0.4) is 0 Å². The molecule has 20 heavy (non-hydrogen) atoms. The number of hydrogen-bond donors (Lipinski definition) is 0. The topological polar surface area (TPSA) is 26.3 Å². The lowest BCUT2D eigenvalue weighted by Gasteiger charge is -2.39. The van der Waals surface area contributed by atoms with E-state index in [9.17, 15) is 4.79 Å². The minimum absolute atomic E-state index is 0.277. The monoisotopic (exact) mass is 272 g/mol. The fourth-order valence-corrected chi connectivity index (χ4v) is 6.12. The highest BCUT2D eigenvalue weighted by molar-refractivity contribution is 5.81. The molecule has 108 valence electrons. The van der Waals surface area contributed by atoms with Crippen molar-refractivity contribution in [1.29, 1.82) is 0 Å². The van der Waals surface area contributed by atoms with E-state index in [1.807, 2.05) is 0 Å². The van der Waals surface area contributed by atoms with Crippen molar-refractivity contribution >= 4 is 5.97 Å². The summed E-state index contributed by atoms with van der Waals surface area (Å²) in [5.74, 6) is 6.54. The van der Waals surface area contributed by atoms with Gasteiger partial charge in [-0.15, -0.1) is 0 Å². The molecule has 0 aromatic carbocycles. The number of allylic oxidation sites excluding steroid dienone is 2. The number of ether oxygens (including phenoxy) is 1. The number of carbonyl (C=O) groups is 1. The van der Waals surface area contributed by atoms with E-state index in [0.717, 1.165) is 41.4 Å². The molecule has 2 heteroatoms. The van der Waals surface area contributed by atoms with Gasteiger partial charge in [-0.2, -0.15) is 0 Å². The zero-order valence-electron chi connectivity index (χ0n) is 12.2. The highest BCUT2D eigenvalue weighted by Crippen LogP contribution is 2.67. The van der Waals surface area contributed by atoms with E-state index in [0.29, 0.717) is 12.5 Å². The lowest BCUT2D eigenvalue weighted by Crippen LogP contribution is -2.35. The van der Waals surface area contributed by atoms with Gasteiger partial charge >= 0.3 is 5.97 Å². The van der Waals surface area contributed by atoms with Gasteiger partial charge in [0, 0.05) is 6.08 Å². The van der Waals surface area contributed by atoms with Crippen LogP contribution in [0, 0.1) is 47.3 Å². The first-order valence-corrected chi connectivity index (χ1v) is 8.16. The van der Waals surface area contributed by atoms with Crippen molar-refractivity contribution in [3.8, 4) is 0 Å². The molecule has 2 nitrogen and oxygen atoms in total. The summed E-state index contributed by atoms with van der Waals surface area (Å²) in [7, 11) is 0. The van der Waals surface area contributed by atoms with Gasteiger partial charge in [-0.05, 0) is 66.6 Å². The normalized spacial score (nSPS) is 48.4. The van der Waals surface area contributed by atoms with Gasteiger partial charge in [-0.25, -0.2) is 4.79 Å². The first-order valence-electron chi connectivity index (χ1n) is 8.16. The van der Waals surface area contributed by atoms with Crippen molar-refractivity contribution in [2.24, 2.45) is 47.3 Å². The Balaban J connectivity index is 1.44. The van der Waals surface area contributed by atoms with Gasteiger partial charge in [-0.3, -0.25) is 0 Å². The lowest BCUT2D eigenvalue weighted by atomic mass is 9.66. The summed E-state index contributed by atoms with van der Waals surface area (Å²) in [6.07, 6.45) is 10.5. The second kappa shape index (κ2) is 4.47. The minimum Gasteiger partial charge on any atom is -0.462 e. The van der Waals surface area contributed by atoms with Crippen molar-refractivity contribution in [2.45, 2.75) is 26.2 Å². The van der Waals surface area contributed by atoms with Crippen LogP contribution in [-0.2, 0) is 9.53 Å². The summed E-state index contributed by atoms with van der Waals surface area (Å²) >= 11 is 0. The average Bonchev–Trinajstić information content (AvgIpc) is 3.20. The largest absolute Gasteiger partial charge is 0.462 e. The molecule has 0 spiro atoms. The quantitative estimate of drug-likeness (QED) is 0.339. The van der Waals surface area contributed by atoms with E-state index in [2.05, 4.69) is 25.7 Å². The third-order valence-electron chi connectivity index (χ3n) is 6.71. The van der Waals surface area contributed by atoms with Gasteiger partial charge in [0.05, 0.1) is 6.61 Å². The molecule has 4 rings (SSSR count). The fraction of sp³-hybridized carbons (Fsp3) is 0.722. The molecule has 8 atom stereocenters. The van der Waals surface area contributed by atoms with E-state index < -0.39 is 0 Å². The van der Waals surface area contributed by atoms with Crippen LogP contribution in [0.5, 0.6) is 0 Å². The smallest absolute Gasteiger partial charge is 0.330 e. The number of esters is 1. The molecule has 0 saturated heterocycles. The Labute approximate surface area is 121 Å². The van der Waals surface area contributed by atoms with Crippen LogP contribution >= 0.6 is 0 Å². The molecule has 4 aliphatic rings. The van der Waals surface area contributed by atoms with Crippen molar-refractivity contribution in [3.63, 3.8) is 0 Å². The lowest BCUT2D eigenvalue weighted by molar-refractivity contribution is -0.139. The molecule has 0 aromatic rings. The predicted octanol–water partition coefficient (Wildman–Crippen LogP) is 3.45. The molecule has 0 heterocycles. The highest BCUT2D eigenvalue weighted by Gasteiger charge is 2.61. The van der Waals surface area contributed by atoms with E-state index in [-0.39, 0.29) is 5.97 Å². The summed E-state index contributed by atoms with van der Waals surface area (Å²) in [6, 6.07) is 0. The predicted molar refractivity (Wildman–Crippen MR) is 77.7 cm³/mol. The van der Waals surface area contributed by atoms with E-state index in [1.165, 1.54) is 25.3 Å². The maximum Gasteiger partial charge on any atom is 0.330 e. The second-order valence-electron chi connectivity index (χ2n) is 7.47. The van der Waals surface area contributed by atoms with Crippen LogP contribution in [0.15, 0.2) is 24.8 Å². The third kappa shape index (κ3) is 1.66. The van der Waals surface area contributed by atoms with Gasteiger partial charge < -0.3 is 4.74 Å². The second-order valence-corrected chi connectivity index (χ2v) is 7.47. The van der Waals surface area contributed by atoms with E-state index in [1.54, 1.807) is 0 Å². The van der Waals surface area contributed by atoms with E-state index >= 15 is 0 Å². The summed E-state index contributed by atoms with van der Waals surface area (Å²) in [5, 5.41) is 0. The van der Waals surface area contributed by atoms with Crippen LogP contribution in [0.1, 0.15) is 26.2 Å². The zero-order valence-corrected chi connectivity index (χ0v) is 12.2. The highest BCUT2D eigenvalue weighted by atomic mass is 16.5. The summed E-state index contributed by atoms with van der Waals surface area (Å²) in [5.41, 5.74) is 0. The van der Waals surface area contributed by atoms with Gasteiger partial charge in [0.15, 0.2) is 0 Å². The molecule has 8 unspecified atom stereocenters. The van der Waals surface area contributed by atoms with Crippen molar-refractivity contribution in [1.82, 2.24) is 0 Å². The van der Waals surface area contributed by atoms with Crippen LogP contribution in [0.4, 0.5) is 0 Å². The molecule has 0 aliphatic heterocycles. The maximum absolute atomic E-state index is 11.2. The SMILES string of the molecule is C=CC(=O)OCC(C)C1CC2CC1C1C3C=CC(C3)C21. The van der Waals surface area contributed by atoms with Gasteiger partial charge in [-0.1, -0.05) is 25.7 Å². The Morgan fingerprint density at radius 1 is 1.30 bits per heavy atom. The first-order chi connectivity index (χ1) is 9.69. The van der Waals surface area contributed by atoms with Gasteiger partial charge in [0.2, 0.25) is 0 Å².